The predicted octanol–water partition coefficient (Wildman–Crippen LogP) is 3.36. The van der Waals surface area contributed by atoms with Crippen molar-refractivity contribution in [1.29, 1.82) is 0 Å². The van der Waals surface area contributed by atoms with Crippen LogP contribution < -0.4 is 10.1 Å². The number of benzene rings is 2. The molecule has 2 fully saturated rings. The first-order chi connectivity index (χ1) is 18.3. The molecule has 1 saturated carbocycles. The van der Waals surface area contributed by atoms with Gasteiger partial charge >= 0.3 is 6.09 Å². The minimum Gasteiger partial charge on any atom is -0.497 e. The van der Waals surface area contributed by atoms with Crippen molar-refractivity contribution >= 4 is 16.1 Å². The maximum Gasteiger partial charge on any atom is 0.407 e. The summed E-state index contributed by atoms with van der Waals surface area (Å²) in [6, 6.07) is 15.0. The van der Waals surface area contributed by atoms with Crippen molar-refractivity contribution < 1.29 is 32.5 Å². The number of ether oxygens (including phenoxy) is 3. The SMILES string of the molecule is COc1ccc(S(=O)(=O)N(CC2CCCC2)C[C@@H](O)[C@H](Cc2ccccc2)NC(=O)O[C@H]2CCOC2)cc1. The number of hydrogen-bond acceptors (Lipinski definition) is 7. The normalized spacial score (nSPS) is 19.8. The van der Waals surface area contributed by atoms with Gasteiger partial charge in [-0.25, -0.2) is 13.2 Å². The van der Waals surface area contributed by atoms with Crippen molar-refractivity contribution in [3.63, 3.8) is 0 Å². The lowest BCUT2D eigenvalue weighted by Gasteiger charge is -2.31. The molecule has 10 heteroatoms. The Morgan fingerprint density at radius 3 is 2.45 bits per heavy atom. The number of amides is 1. The Labute approximate surface area is 225 Å². The molecule has 2 N–H and O–H groups in total. The van der Waals surface area contributed by atoms with E-state index in [0.717, 1.165) is 31.2 Å². The fourth-order valence-corrected chi connectivity index (χ4v) is 6.61. The molecule has 208 valence electrons. The van der Waals surface area contributed by atoms with E-state index in [9.17, 15) is 18.3 Å². The number of aliphatic hydroxyl groups excluding tert-OH is 1. The van der Waals surface area contributed by atoms with Crippen LogP contribution in [0.1, 0.15) is 37.7 Å². The van der Waals surface area contributed by atoms with Gasteiger partial charge in [0.15, 0.2) is 0 Å². The third-order valence-corrected chi connectivity index (χ3v) is 9.10. The van der Waals surface area contributed by atoms with Gasteiger partial charge in [0.05, 0.1) is 37.4 Å². The Morgan fingerprint density at radius 2 is 1.82 bits per heavy atom. The molecule has 0 unspecified atom stereocenters. The summed E-state index contributed by atoms with van der Waals surface area (Å²) in [5, 5.41) is 14.2. The summed E-state index contributed by atoms with van der Waals surface area (Å²) in [6.07, 6.45) is 2.82. The van der Waals surface area contributed by atoms with Gasteiger partial charge in [0, 0.05) is 19.5 Å². The fraction of sp³-hybridized carbons (Fsp3) is 0.536. The van der Waals surface area contributed by atoms with Crippen LogP contribution in [0.5, 0.6) is 5.75 Å². The molecule has 3 atom stereocenters. The van der Waals surface area contributed by atoms with Crippen LogP contribution in [-0.2, 0) is 25.9 Å². The van der Waals surface area contributed by atoms with Gasteiger partial charge in [0.1, 0.15) is 11.9 Å². The van der Waals surface area contributed by atoms with Crippen LogP contribution in [0.4, 0.5) is 4.79 Å². The van der Waals surface area contributed by atoms with E-state index in [4.69, 9.17) is 14.2 Å². The summed E-state index contributed by atoms with van der Waals surface area (Å²) in [4.78, 5) is 12.8. The smallest absolute Gasteiger partial charge is 0.407 e. The summed E-state index contributed by atoms with van der Waals surface area (Å²) < 4.78 is 44.8. The lowest BCUT2D eigenvalue weighted by atomic mass is 10.0. The highest BCUT2D eigenvalue weighted by Gasteiger charge is 2.34. The first-order valence-corrected chi connectivity index (χ1v) is 14.7. The molecular weight excluding hydrogens is 508 g/mol. The number of rotatable bonds is 12. The summed E-state index contributed by atoms with van der Waals surface area (Å²) in [5.41, 5.74) is 0.904. The molecule has 9 nitrogen and oxygen atoms in total. The first-order valence-electron chi connectivity index (χ1n) is 13.3. The Morgan fingerprint density at radius 1 is 1.11 bits per heavy atom. The van der Waals surface area contributed by atoms with Gasteiger partial charge in [0.2, 0.25) is 10.0 Å². The van der Waals surface area contributed by atoms with Crippen LogP contribution in [0.2, 0.25) is 0 Å². The minimum absolute atomic E-state index is 0.136. The van der Waals surface area contributed by atoms with Crippen molar-refractivity contribution in [2.24, 2.45) is 5.92 Å². The number of sulfonamides is 1. The Hall–Kier alpha value is -2.66. The highest BCUT2D eigenvalue weighted by Crippen LogP contribution is 2.29. The molecule has 2 aromatic rings. The van der Waals surface area contributed by atoms with Gasteiger partial charge in [-0.2, -0.15) is 4.31 Å². The van der Waals surface area contributed by atoms with Crippen molar-refractivity contribution in [1.82, 2.24) is 9.62 Å². The van der Waals surface area contributed by atoms with Crippen molar-refractivity contribution in [2.45, 2.75) is 61.7 Å². The highest BCUT2D eigenvalue weighted by molar-refractivity contribution is 7.89. The van der Waals surface area contributed by atoms with Crippen LogP contribution in [0.3, 0.4) is 0 Å². The number of hydrogen-bond donors (Lipinski definition) is 2. The number of carbonyl (C=O) groups excluding carboxylic acids is 1. The average Bonchev–Trinajstić information content (AvgIpc) is 3.63. The fourth-order valence-electron chi connectivity index (χ4n) is 5.08. The van der Waals surface area contributed by atoms with Gasteiger partial charge in [-0.05, 0) is 55.0 Å². The van der Waals surface area contributed by atoms with Crippen molar-refractivity contribution in [3.05, 3.63) is 60.2 Å². The summed E-state index contributed by atoms with van der Waals surface area (Å²) in [7, 11) is -2.38. The van der Waals surface area contributed by atoms with Crippen LogP contribution in [0.25, 0.3) is 0 Å². The zero-order chi connectivity index (χ0) is 27.0. The Kier molecular flexibility index (Phi) is 10.0. The lowest BCUT2D eigenvalue weighted by molar-refractivity contribution is 0.0641. The number of carbonyl (C=O) groups is 1. The second-order valence-electron chi connectivity index (χ2n) is 10.0. The molecule has 0 aromatic heterocycles. The summed E-state index contributed by atoms with van der Waals surface area (Å²) in [5.74, 6) is 0.785. The molecule has 1 heterocycles. The van der Waals surface area contributed by atoms with E-state index < -0.39 is 28.3 Å². The topological polar surface area (TPSA) is 114 Å². The van der Waals surface area contributed by atoms with Gasteiger partial charge in [0.25, 0.3) is 0 Å². The van der Waals surface area contributed by atoms with Gasteiger partial charge in [-0.15, -0.1) is 0 Å². The number of nitrogens with zero attached hydrogens (tertiary/aromatic N) is 1. The molecule has 0 radical (unpaired) electrons. The lowest BCUT2D eigenvalue weighted by Crippen LogP contribution is -2.51. The molecule has 0 spiro atoms. The first kappa shape index (κ1) is 28.4. The van der Waals surface area contributed by atoms with Crippen LogP contribution in [0.15, 0.2) is 59.5 Å². The molecule has 4 rings (SSSR count). The largest absolute Gasteiger partial charge is 0.497 e. The third-order valence-electron chi connectivity index (χ3n) is 7.25. The Bertz CT molecular complexity index is 1120. The standard InChI is InChI=1S/C28H38N2O7S/c1-35-23-11-13-25(14-12-23)38(33,34)30(18-22-9-5-6-10-22)19-27(31)26(17-21-7-3-2-4-8-21)29-28(32)37-24-15-16-36-20-24/h2-4,7-8,11-14,22,24,26-27,31H,5-6,9-10,15-20H2,1H3,(H,29,32)/t24-,26-,27+/m0/s1. The molecule has 38 heavy (non-hydrogen) atoms. The van der Waals surface area contributed by atoms with E-state index >= 15 is 0 Å². The number of nitrogens with one attached hydrogen (secondary N) is 1. The van der Waals surface area contributed by atoms with Crippen LogP contribution >= 0.6 is 0 Å². The van der Waals surface area contributed by atoms with E-state index in [2.05, 4.69) is 5.32 Å². The highest BCUT2D eigenvalue weighted by atomic mass is 32.2. The van der Waals surface area contributed by atoms with Crippen molar-refractivity contribution in [3.8, 4) is 5.75 Å². The van der Waals surface area contributed by atoms with Crippen LogP contribution in [0, 0.1) is 5.92 Å². The molecular formula is C28H38N2O7S. The second kappa shape index (κ2) is 13.4. The molecule has 1 amide bonds. The van der Waals surface area contributed by atoms with Gasteiger partial charge in [-0.3, -0.25) is 0 Å². The van der Waals surface area contributed by atoms with Crippen molar-refractivity contribution in [2.75, 3.05) is 33.4 Å². The summed E-state index contributed by atoms with van der Waals surface area (Å²) in [6.45, 7) is 1.03. The zero-order valence-corrected chi connectivity index (χ0v) is 22.6. The molecule has 0 bridgehead atoms. The predicted molar refractivity (Wildman–Crippen MR) is 142 cm³/mol. The molecule has 2 aliphatic rings. The van der Waals surface area contributed by atoms with E-state index in [1.807, 2.05) is 30.3 Å². The van der Waals surface area contributed by atoms with E-state index in [1.54, 1.807) is 12.1 Å². The van der Waals surface area contributed by atoms with Crippen LogP contribution in [-0.4, -0.2) is 75.6 Å². The second-order valence-corrected chi connectivity index (χ2v) is 12.0. The molecule has 2 aromatic carbocycles. The number of methoxy groups -OCH3 is 1. The average molecular weight is 547 g/mol. The van der Waals surface area contributed by atoms with E-state index in [1.165, 1.54) is 23.5 Å². The number of aliphatic hydroxyl groups is 1. The number of alkyl carbamates (subject to hydrolysis) is 1. The monoisotopic (exact) mass is 546 g/mol. The molecule has 1 aliphatic carbocycles. The van der Waals surface area contributed by atoms with E-state index in [-0.39, 0.29) is 23.5 Å². The third kappa shape index (κ3) is 7.69. The quantitative estimate of drug-likeness (QED) is 0.420. The summed E-state index contributed by atoms with van der Waals surface area (Å²) >= 11 is 0. The zero-order valence-electron chi connectivity index (χ0n) is 21.8. The van der Waals surface area contributed by atoms with Gasteiger partial charge in [-0.1, -0.05) is 43.2 Å². The molecule has 1 aliphatic heterocycles. The Balaban J connectivity index is 1.54. The maximum atomic E-state index is 13.7. The molecule has 1 saturated heterocycles. The minimum atomic E-state index is -3.90. The van der Waals surface area contributed by atoms with Gasteiger partial charge < -0.3 is 24.6 Å². The maximum absolute atomic E-state index is 13.7. The van der Waals surface area contributed by atoms with E-state index in [0.29, 0.717) is 38.3 Å².